The Morgan fingerprint density at radius 2 is 2.17 bits per heavy atom. The SMILES string of the molecule is CO.O=C(O)Cc1ccc(Cl)s1. The summed E-state index contributed by atoms with van der Waals surface area (Å²) in [6.45, 7) is 0. The minimum absolute atomic E-state index is 0.0669. The topological polar surface area (TPSA) is 57.5 Å². The second-order valence-corrected chi connectivity index (χ2v) is 3.58. The highest BCUT2D eigenvalue weighted by atomic mass is 35.5. The van der Waals surface area contributed by atoms with Gasteiger partial charge in [-0.1, -0.05) is 11.6 Å². The van der Waals surface area contributed by atoms with Gasteiger partial charge in [0, 0.05) is 12.0 Å². The van der Waals surface area contributed by atoms with Gasteiger partial charge in [0.25, 0.3) is 0 Å². The number of carboxylic acid groups (broad SMARTS) is 1. The van der Waals surface area contributed by atoms with E-state index < -0.39 is 5.97 Å². The summed E-state index contributed by atoms with van der Waals surface area (Å²) >= 11 is 6.87. The Balaban J connectivity index is 0.000000561. The monoisotopic (exact) mass is 208 g/mol. The van der Waals surface area contributed by atoms with Crippen LogP contribution in [0.4, 0.5) is 0 Å². The summed E-state index contributed by atoms with van der Waals surface area (Å²) in [5.41, 5.74) is 0. The van der Waals surface area contributed by atoms with Gasteiger partial charge in [0.15, 0.2) is 0 Å². The summed E-state index contributed by atoms with van der Waals surface area (Å²) in [6, 6.07) is 3.42. The van der Waals surface area contributed by atoms with Crippen LogP contribution < -0.4 is 0 Å². The summed E-state index contributed by atoms with van der Waals surface area (Å²) in [5.74, 6) is -0.821. The summed E-state index contributed by atoms with van der Waals surface area (Å²) in [7, 11) is 1.00. The van der Waals surface area contributed by atoms with Crippen molar-refractivity contribution in [3.8, 4) is 0 Å². The number of aliphatic hydroxyl groups is 1. The molecule has 0 saturated heterocycles. The van der Waals surface area contributed by atoms with Crippen LogP contribution in [0.3, 0.4) is 0 Å². The van der Waals surface area contributed by atoms with E-state index in [1.165, 1.54) is 11.3 Å². The Hall–Kier alpha value is -0.580. The fourth-order valence-electron chi connectivity index (χ4n) is 0.596. The molecule has 0 fully saturated rings. The number of rotatable bonds is 2. The number of hydrogen-bond acceptors (Lipinski definition) is 3. The molecule has 1 rings (SSSR count). The van der Waals surface area contributed by atoms with Gasteiger partial charge in [-0.3, -0.25) is 4.79 Å². The molecule has 0 atom stereocenters. The van der Waals surface area contributed by atoms with Gasteiger partial charge in [0.1, 0.15) is 0 Å². The first kappa shape index (κ1) is 11.4. The van der Waals surface area contributed by atoms with Gasteiger partial charge < -0.3 is 10.2 Å². The van der Waals surface area contributed by atoms with E-state index in [9.17, 15) is 4.79 Å². The van der Waals surface area contributed by atoms with Crippen molar-refractivity contribution in [1.29, 1.82) is 0 Å². The maximum atomic E-state index is 10.1. The lowest BCUT2D eigenvalue weighted by Gasteiger charge is -1.85. The number of carboxylic acids is 1. The highest BCUT2D eigenvalue weighted by Gasteiger charge is 2.01. The van der Waals surface area contributed by atoms with Crippen LogP contribution >= 0.6 is 22.9 Å². The van der Waals surface area contributed by atoms with Gasteiger partial charge in [-0.2, -0.15) is 0 Å². The van der Waals surface area contributed by atoms with Crippen LogP contribution in [0, 0.1) is 0 Å². The molecule has 0 bridgehead atoms. The molecule has 0 aromatic carbocycles. The molecule has 0 aliphatic heterocycles. The van der Waals surface area contributed by atoms with Crippen LogP contribution in [0.5, 0.6) is 0 Å². The molecule has 3 nitrogen and oxygen atoms in total. The van der Waals surface area contributed by atoms with Gasteiger partial charge in [0.2, 0.25) is 0 Å². The third-order valence-electron chi connectivity index (χ3n) is 0.954. The zero-order valence-corrected chi connectivity index (χ0v) is 8.02. The molecule has 5 heteroatoms. The Morgan fingerprint density at radius 3 is 2.50 bits per heavy atom. The smallest absolute Gasteiger partial charge is 0.308 e. The molecular formula is C7H9ClO3S. The number of halogens is 1. The molecule has 1 aromatic heterocycles. The zero-order chi connectivity index (χ0) is 9.56. The fraction of sp³-hybridized carbons (Fsp3) is 0.286. The molecule has 12 heavy (non-hydrogen) atoms. The zero-order valence-electron chi connectivity index (χ0n) is 6.45. The molecule has 1 heterocycles. The summed E-state index contributed by atoms with van der Waals surface area (Å²) in [5, 5.41) is 15.3. The molecule has 0 amide bonds. The lowest BCUT2D eigenvalue weighted by Crippen LogP contribution is -1.96. The minimum Gasteiger partial charge on any atom is -0.481 e. The van der Waals surface area contributed by atoms with Crippen LogP contribution in [0.2, 0.25) is 4.34 Å². The number of carbonyl (C=O) groups is 1. The second kappa shape index (κ2) is 5.99. The van der Waals surface area contributed by atoms with E-state index >= 15 is 0 Å². The number of hydrogen-bond donors (Lipinski definition) is 2. The molecule has 68 valence electrons. The minimum atomic E-state index is -0.821. The Kier molecular flexibility index (Phi) is 5.70. The highest BCUT2D eigenvalue weighted by Crippen LogP contribution is 2.21. The van der Waals surface area contributed by atoms with E-state index in [1.807, 2.05) is 0 Å². The van der Waals surface area contributed by atoms with Crippen LogP contribution in [0.15, 0.2) is 12.1 Å². The van der Waals surface area contributed by atoms with Crippen molar-refractivity contribution < 1.29 is 15.0 Å². The van der Waals surface area contributed by atoms with Crippen molar-refractivity contribution in [1.82, 2.24) is 0 Å². The van der Waals surface area contributed by atoms with E-state index in [2.05, 4.69) is 0 Å². The second-order valence-electron chi connectivity index (χ2n) is 1.78. The van der Waals surface area contributed by atoms with E-state index in [0.717, 1.165) is 12.0 Å². The average Bonchev–Trinajstić information content (AvgIpc) is 2.39. The molecule has 2 N–H and O–H groups in total. The third-order valence-corrected chi connectivity index (χ3v) is 2.19. The molecule has 0 aliphatic rings. The lowest BCUT2D eigenvalue weighted by atomic mass is 10.3. The van der Waals surface area contributed by atoms with Crippen molar-refractivity contribution in [2.24, 2.45) is 0 Å². The first-order chi connectivity index (χ1) is 5.68. The van der Waals surface area contributed by atoms with Crippen LogP contribution in [0.25, 0.3) is 0 Å². The molecule has 0 saturated carbocycles. The summed E-state index contributed by atoms with van der Waals surface area (Å²) in [4.78, 5) is 10.9. The summed E-state index contributed by atoms with van der Waals surface area (Å²) < 4.78 is 0.635. The average molecular weight is 209 g/mol. The van der Waals surface area contributed by atoms with Crippen molar-refractivity contribution in [3.63, 3.8) is 0 Å². The lowest BCUT2D eigenvalue weighted by molar-refractivity contribution is -0.136. The molecule has 0 spiro atoms. The predicted octanol–water partition coefficient (Wildman–Crippen LogP) is 1.64. The molecule has 0 aliphatic carbocycles. The Labute approximate surface area is 79.2 Å². The third kappa shape index (κ3) is 4.33. The molecule has 1 aromatic rings. The summed E-state index contributed by atoms with van der Waals surface area (Å²) in [6.07, 6.45) is 0.0669. The van der Waals surface area contributed by atoms with Crippen molar-refractivity contribution >= 4 is 28.9 Å². The molecular weight excluding hydrogens is 200 g/mol. The molecule has 0 unspecified atom stereocenters. The van der Waals surface area contributed by atoms with Gasteiger partial charge >= 0.3 is 5.97 Å². The Bertz CT molecular complexity index is 247. The van der Waals surface area contributed by atoms with Crippen LogP contribution in [-0.2, 0) is 11.2 Å². The largest absolute Gasteiger partial charge is 0.481 e. The Morgan fingerprint density at radius 1 is 1.58 bits per heavy atom. The predicted molar refractivity (Wildman–Crippen MR) is 48.8 cm³/mol. The number of aliphatic carboxylic acids is 1. The van der Waals surface area contributed by atoms with Gasteiger partial charge in [-0.25, -0.2) is 0 Å². The van der Waals surface area contributed by atoms with Gasteiger partial charge in [-0.05, 0) is 12.1 Å². The van der Waals surface area contributed by atoms with E-state index in [-0.39, 0.29) is 6.42 Å². The normalized spacial score (nSPS) is 8.58. The number of thiophene rings is 1. The van der Waals surface area contributed by atoms with E-state index in [0.29, 0.717) is 4.34 Å². The van der Waals surface area contributed by atoms with Crippen LogP contribution in [0.1, 0.15) is 4.88 Å². The first-order valence-corrected chi connectivity index (χ1v) is 4.28. The number of aliphatic hydroxyl groups excluding tert-OH is 1. The first-order valence-electron chi connectivity index (χ1n) is 3.09. The standard InChI is InChI=1S/C6H5ClO2S.CH4O/c7-5-2-1-4(10-5)3-6(8)9;1-2/h1-2H,3H2,(H,8,9);2H,1H3. The maximum absolute atomic E-state index is 10.1. The van der Waals surface area contributed by atoms with E-state index in [4.69, 9.17) is 21.8 Å². The highest BCUT2D eigenvalue weighted by molar-refractivity contribution is 7.16. The van der Waals surface area contributed by atoms with Crippen molar-refractivity contribution in [2.45, 2.75) is 6.42 Å². The van der Waals surface area contributed by atoms with Gasteiger partial charge in [0.05, 0.1) is 10.8 Å². The quantitative estimate of drug-likeness (QED) is 0.777. The fourth-order valence-corrected chi connectivity index (χ4v) is 1.67. The molecule has 0 radical (unpaired) electrons. The maximum Gasteiger partial charge on any atom is 0.308 e. The van der Waals surface area contributed by atoms with Crippen LogP contribution in [-0.4, -0.2) is 23.3 Å². The van der Waals surface area contributed by atoms with Crippen molar-refractivity contribution in [2.75, 3.05) is 7.11 Å². The van der Waals surface area contributed by atoms with E-state index in [1.54, 1.807) is 12.1 Å². The van der Waals surface area contributed by atoms with Gasteiger partial charge in [-0.15, -0.1) is 11.3 Å². The van der Waals surface area contributed by atoms with Crippen molar-refractivity contribution in [3.05, 3.63) is 21.3 Å².